The first-order valence-electron chi connectivity index (χ1n) is 8.74. The molecule has 1 aliphatic rings. The highest BCUT2D eigenvalue weighted by Gasteiger charge is 2.40. The van der Waals surface area contributed by atoms with Crippen LogP contribution in [0.15, 0.2) is 18.2 Å². The Morgan fingerprint density at radius 1 is 1.57 bits per heavy atom. The predicted octanol–water partition coefficient (Wildman–Crippen LogP) is 3.38. The first-order valence-corrected chi connectivity index (χ1v) is 7.24. The van der Waals surface area contributed by atoms with Crippen molar-refractivity contribution < 1.29 is 18.8 Å². The molecule has 1 aliphatic heterocycles. The van der Waals surface area contributed by atoms with Crippen LogP contribution in [-0.2, 0) is 28.0 Å². The van der Waals surface area contributed by atoms with Crippen molar-refractivity contribution in [3.63, 3.8) is 0 Å². The van der Waals surface area contributed by atoms with E-state index in [9.17, 15) is 9.90 Å². The van der Waals surface area contributed by atoms with Crippen molar-refractivity contribution in [1.82, 2.24) is 4.98 Å². The number of nitrogens with one attached hydrogen (secondary N) is 1. The number of carboxylic acid groups (broad SMARTS) is 1. The highest BCUT2D eigenvalue weighted by molar-refractivity contribution is 5.88. The van der Waals surface area contributed by atoms with Gasteiger partial charge >= 0.3 is 5.97 Å². The van der Waals surface area contributed by atoms with E-state index in [2.05, 4.69) is 11.9 Å². The quantitative estimate of drug-likeness (QED) is 0.907. The van der Waals surface area contributed by atoms with Crippen LogP contribution in [0, 0.1) is 0 Å². The summed E-state index contributed by atoms with van der Waals surface area (Å²) in [6, 6.07) is 6.00. The lowest BCUT2D eigenvalue weighted by atomic mass is 9.86. The number of carboxylic acids is 1. The first-order chi connectivity index (χ1) is 11.3. The molecule has 4 nitrogen and oxygen atoms in total. The van der Waals surface area contributed by atoms with Crippen LogP contribution in [0.2, 0.25) is 0 Å². The zero-order valence-corrected chi connectivity index (χ0v) is 12.0. The molecule has 1 aromatic heterocycles. The van der Waals surface area contributed by atoms with Crippen molar-refractivity contribution in [2.45, 2.75) is 45.1 Å². The third-order valence-electron chi connectivity index (χ3n) is 4.32. The van der Waals surface area contributed by atoms with Crippen molar-refractivity contribution in [3.8, 4) is 0 Å². The molecule has 4 heteroatoms. The average molecular weight is 290 g/mol. The molecule has 0 amide bonds. The Balaban J connectivity index is 2.23. The fourth-order valence-electron chi connectivity index (χ4n) is 3.28. The second kappa shape index (κ2) is 5.19. The van der Waals surface area contributed by atoms with Gasteiger partial charge in [-0.05, 0) is 30.4 Å². The number of aryl methyl sites for hydroxylation is 1. The van der Waals surface area contributed by atoms with Crippen molar-refractivity contribution in [2.24, 2.45) is 0 Å². The molecule has 0 spiro atoms. The van der Waals surface area contributed by atoms with E-state index in [4.69, 9.17) is 8.85 Å². The van der Waals surface area contributed by atoms with Crippen molar-refractivity contribution in [3.05, 3.63) is 35.0 Å². The average Bonchev–Trinajstić information content (AvgIpc) is 2.85. The van der Waals surface area contributed by atoms with Crippen LogP contribution in [0.25, 0.3) is 10.9 Å². The number of carbonyl (C=O) groups is 1. The van der Waals surface area contributed by atoms with Gasteiger partial charge in [-0.1, -0.05) is 32.0 Å². The van der Waals surface area contributed by atoms with E-state index in [1.165, 1.54) is 0 Å². The Kier molecular flexibility index (Phi) is 2.68. The van der Waals surface area contributed by atoms with Crippen LogP contribution in [0.4, 0.5) is 0 Å². The van der Waals surface area contributed by atoms with Gasteiger partial charge in [0.25, 0.3) is 0 Å². The van der Waals surface area contributed by atoms with Gasteiger partial charge in [-0.15, -0.1) is 0 Å². The molecular formula is C17H21NO3. The molecule has 2 heterocycles. The SMILES string of the molecule is [2H]C([2H])([2H])CC1(CC(=O)O)OCCc2c1[nH]c1c(CC)cccc21. The minimum atomic E-state index is -2.28. The van der Waals surface area contributed by atoms with Gasteiger partial charge in [0.1, 0.15) is 5.60 Å². The molecule has 0 saturated carbocycles. The Morgan fingerprint density at radius 2 is 2.43 bits per heavy atom. The molecule has 2 aromatic rings. The summed E-state index contributed by atoms with van der Waals surface area (Å²) in [5, 5.41) is 10.4. The Hall–Kier alpha value is -1.81. The molecule has 112 valence electrons. The predicted molar refractivity (Wildman–Crippen MR) is 81.6 cm³/mol. The number of para-hydroxylation sites is 1. The second-order valence-corrected chi connectivity index (χ2v) is 5.51. The van der Waals surface area contributed by atoms with E-state index in [-0.39, 0.29) is 12.8 Å². The van der Waals surface area contributed by atoms with Crippen LogP contribution >= 0.6 is 0 Å². The first kappa shape index (κ1) is 10.9. The molecule has 1 unspecified atom stereocenters. The summed E-state index contributed by atoms with van der Waals surface area (Å²) in [6.45, 7) is 0.0899. The van der Waals surface area contributed by atoms with Gasteiger partial charge in [0.15, 0.2) is 0 Å². The van der Waals surface area contributed by atoms with Gasteiger partial charge in [-0.25, -0.2) is 0 Å². The van der Waals surface area contributed by atoms with E-state index in [0.29, 0.717) is 18.7 Å². The monoisotopic (exact) mass is 290 g/mol. The Bertz CT molecular complexity index is 781. The maximum Gasteiger partial charge on any atom is 0.306 e. The highest BCUT2D eigenvalue weighted by Crippen LogP contribution is 2.42. The number of rotatable bonds is 4. The topological polar surface area (TPSA) is 62.3 Å². The van der Waals surface area contributed by atoms with E-state index < -0.39 is 18.4 Å². The lowest BCUT2D eigenvalue weighted by Crippen LogP contribution is -2.37. The van der Waals surface area contributed by atoms with Gasteiger partial charge < -0.3 is 14.8 Å². The van der Waals surface area contributed by atoms with E-state index in [1.54, 1.807) is 0 Å². The van der Waals surface area contributed by atoms with Crippen LogP contribution < -0.4 is 0 Å². The summed E-state index contributed by atoms with van der Waals surface area (Å²) in [6.07, 6.45) is 0.786. The van der Waals surface area contributed by atoms with Crippen LogP contribution in [0.1, 0.15) is 47.6 Å². The summed E-state index contributed by atoms with van der Waals surface area (Å²) in [4.78, 5) is 14.7. The van der Waals surface area contributed by atoms with E-state index >= 15 is 0 Å². The summed E-state index contributed by atoms with van der Waals surface area (Å²) >= 11 is 0. The summed E-state index contributed by atoms with van der Waals surface area (Å²) in [7, 11) is 0. The summed E-state index contributed by atoms with van der Waals surface area (Å²) in [5.41, 5.74) is 2.34. The van der Waals surface area contributed by atoms with Crippen molar-refractivity contribution in [1.29, 1.82) is 0 Å². The fraction of sp³-hybridized carbons (Fsp3) is 0.471. The lowest BCUT2D eigenvalue weighted by molar-refractivity contribution is -0.148. The second-order valence-electron chi connectivity index (χ2n) is 5.51. The molecular weight excluding hydrogens is 266 g/mol. The maximum absolute atomic E-state index is 11.4. The normalized spacial score (nSPS) is 24.1. The number of aliphatic carboxylic acids is 1. The third-order valence-corrected chi connectivity index (χ3v) is 4.32. The molecule has 1 aromatic carbocycles. The Morgan fingerprint density at radius 3 is 3.14 bits per heavy atom. The van der Waals surface area contributed by atoms with Crippen LogP contribution in [-0.4, -0.2) is 22.7 Å². The number of hydrogen-bond acceptors (Lipinski definition) is 2. The zero-order chi connectivity index (χ0) is 17.5. The zero-order valence-electron chi connectivity index (χ0n) is 15.0. The lowest BCUT2D eigenvalue weighted by Gasteiger charge is -2.35. The molecule has 3 rings (SSSR count). The molecule has 0 radical (unpaired) electrons. The maximum atomic E-state index is 11.4. The number of benzene rings is 1. The molecule has 0 fully saturated rings. The fourth-order valence-corrected chi connectivity index (χ4v) is 3.28. The number of fused-ring (bicyclic) bond motifs is 3. The third kappa shape index (κ3) is 2.14. The van der Waals surface area contributed by atoms with Gasteiger partial charge in [0, 0.05) is 15.0 Å². The van der Waals surface area contributed by atoms with Gasteiger partial charge in [0.05, 0.1) is 18.7 Å². The van der Waals surface area contributed by atoms with Crippen LogP contribution in [0.3, 0.4) is 0 Å². The number of ether oxygens (including phenoxy) is 1. The molecule has 2 N–H and O–H groups in total. The number of aromatic amines is 1. The smallest absolute Gasteiger partial charge is 0.306 e. The molecule has 0 aliphatic carbocycles. The van der Waals surface area contributed by atoms with Gasteiger partial charge in [0.2, 0.25) is 0 Å². The van der Waals surface area contributed by atoms with Crippen molar-refractivity contribution in [2.75, 3.05) is 6.61 Å². The van der Waals surface area contributed by atoms with Crippen LogP contribution in [0.5, 0.6) is 0 Å². The Labute approximate surface area is 128 Å². The van der Waals surface area contributed by atoms with E-state index in [0.717, 1.165) is 28.5 Å². The van der Waals surface area contributed by atoms with Gasteiger partial charge in [-0.2, -0.15) is 0 Å². The summed E-state index contributed by atoms with van der Waals surface area (Å²) < 4.78 is 28.7. The minimum Gasteiger partial charge on any atom is -0.481 e. The molecule has 0 bridgehead atoms. The minimum absolute atomic E-state index is 0.319. The number of aromatic nitrogens is 1. The summed E-state index contributed by atoms with van der Waals surface area (Å²) in [5.74, 6) is -1.07. The standard InChI is InChI=1S/C17H21NO3/c1-3-11-6-5-7-12-13-8-9-21-17(4-2,10-14(19)20)16(13)18-15(11)12/h5-7,18H,3-4,8-10H2,1-2H3,(H,19,20)/i2D3. The van der Waals surface area contributed by atoms with E-state index in [1.807, 2.05) is 18.2 Å². The van der Waals surface area contributed by atoms with Crippen molar-refractivity contribution >= 4 is 16.9 Å². The highest BCUT2D eigenvalue weighted by atomic mass is 16.5. The molecule has 1 atom stereocenters. The number of hydrogen-bond donors (Lipinski definition) is 2. The largest absolute Gasteiger partial charge is 0.481 e. The molecule has 21 heavy (non-hydrogen) atoms. The molecule has 0 saturated heterocycles. The van der Waals surface area contributed by atoms with Gasteiger partial charge in [-0.3, -0.25) is 4.79 Å². The number of H-pyrrole nitrogens is 1.